The molecule has 1 aliphatic heterocycles. The van der Waals surface area contributed by atoms with E-state index in [1.54, 1.807) is 0 Å². The van der Waals surface area contributed by atoms with Crippen LogP contribution >= 0.6 is 0 Å². The van der Waals surface area contributed by atoms with Crippen molar-refractivity contribution in [1.29, 1.82) is 0 Å². The van der Waals surface area contributed by atoms with Gasteiger partial charge in [0, 0.05) is 26.2 Å². The molecule has 0 amide bonds. The van der Waals surface area contributed by atoms with E-state index in [2.05, 4.69) is 23.2 Å². The van der Waals surface area contributed by atoms with E-state index in [1.165, 1.54) is 11.3 Å². The number of rotatable bonds is 1. The van der Waals surface area contributed by atoms with E-state index >= 15 is 0 Å². The molecule has 1 aromatic rings. The molecule has 1 fully saturated rings. The van der Waals surface area contributed by atoms with Gasteiger partial charge in [-0.05, 0) is 18.6 Å². The van der Waals surface area contributed by atoms with Crippen molar-refractivity contribution in [2.45, 2.75) is 6.92 Å². The van der Waals surface area contributed by atoms with Gasteiger partial charge in [-0.25, -0.2) is 0 Å². The van der Waals surface area contributed by atoms with E-state index in [9.17, 15) is 0 Å². The molecule has 0 atom stereocenters. The average Bonchev–Trinajstić information content (AvgIpc) is 2.19. The molecule has 2 rings (SSSR count). The number of hydrogen-bond donors (Lipinski definition) is 2. The first-order valence-electron chi connectivity index (χ1n) is 5.10. The molecule has 1 saturated heterocycles. The van der Waals surface area contributed by atoms with Crippen molar-refractivity contribution < 1.29 is 0 Å². The van der Waals surface area contributed by atoms with Crippen LogP contribution in [-0.2, 0) is 0 Å². The molecule has 0 spiro atoms. The van der Waals surface area contributed by atoms with Crippen LogP contribution in [0.2, 0.25) is 0 Å². The fourth-order valence-electron chi connectivity index (χ4n) is 2.00. The van der Waals surface area contributed by atoms with Gasteiger partial charge in [-0.3, -0.25) is 0 Å². The summed E-state index contributed by atoms with van der Waals surface area (Å²) in [6.07, 6.45) is 0. The number of aryl methyl sites for hydroxylation is 1. The lowest BCUT2D eigenvalue weighted by Crippen LogP contribution is -2.44. The van der Waals surface area contributed by atoms with Gasteiger partial charge in [-0.1, -0.05) is 12.1 Å². The minimum Gasteiger partial charge on any atom is -0.397 e. The topological polar surface area (TPSA) is 41.3 Å². The van der Waals surface area contributed by atoms with E-state index in [0.717, 1.165) is 31.9 Å². The third-order valence-corrected chi connectivity index (χ3v) is 2.70. The van der Waals surface area contributed by atoms with Crippen molar-refractivity contribution in [2.24, 2.45) is 0 Å². The number of benzene rings is 1. The third-order valence-electron chi connectivity index (χ3n) is 2.70. The minimum absolute atomic E-state index is 0.895. The Morgan fingerprint density at radius 2 is 2.00 bits per heavy atom. The molecule has 14 heavy (non-hydrogen) atoms. The first-order valence-corrected chi connectivity index (χ1v) is 5.10. The van der Waals surface area contributed by atoms with Crippen LogP contribution in [-0.4, -0.2) is 26.2 Å². The van der Waals surface area contributed by atoms with Gasteiger partial charge >= 0.3 is 0 Å². The van der Waals surface area contributed by atoms with Crippen LogP contribution in [0.4, 0.5) is 11.4 Å². The van der Waals surface area contributed by atoms with Gasteiger partial charge in [-0.15, -0.1) is 0 Å². The second kappa shape index (κ2) is 3.88. The molecule has 3 N–H and O–H groups in total. The Hall–Kier alpha value is -1.22. The molecule has 1 aliphatic rings. The molecule has 3 heteroatoms. The number of nitrogens with zero attached hydrogens (tertiary/aromatic N) is 1. The average molecular weight is 191 g/mol. The van der Waals surface area contributed by atoms with E-state index in [4.69, 9.17) is 5.73 Å². The number of para-hydroxylation sites is 1. The summed E-state index contributed by atoms with van der Waals surface area (Å²) in [6.45, 7) is 6.32. The summed E-state index contributed by atoms with van der Waals surface area (Å²) >= 11 is 0. The molecule has 3 nitrogen and oxygen atoms in total. The Balaban J connectivity index is 2.29. The van der Waals surface area contributed by atoms with E-state index < -0.39 is 0 Å². The molecule has 0 aliphatic carbocycles. The summed E-state index contributed by atoms with van der Waals surface area (Å²) in [4.78, 5) is 2.36. The molecule has 0 unspecified atom stereocenters. The molecule has 0 bridgehead atoms. The Morgan fingerprint density at radius 3 is 2.64 bits per heavy atom. The smallest absolute Gasteiger partial charge is 0.0630 e. The SMILES string of the molecule is Cc1cccc(N)c1N1CCNCC1. The van der Waals surface area contributed by atoms with Gasteiger partial charge in [0.15, 0.2) is 0 Å². The normalized spacial score (nSPS) is 17.1. The maximum absolute atomic E-state index is 5.99. The molecule has 0 saturated carbocycles. The van der Waals surface area contributed by atoms with Crippen LogP contribution in [0, 0.1) is 6.92 Å². The van der Waals surface area contributed by atoms with Crippen molar-refractivity contribution in [3.63, 3.8) is 0 Å². The standard InChI is InChI=1S/C11H17N3/c1-9-3-2-4-10(12)11(9)14-7-5-13-6-8-14/h2-4,13H,5-8,12H2,1H3. The second-order valence-electron chi connectivity index (χ2n) is 3.75. The summed E-state index contributed by atoms with van der Waals surface area (Å²) in [7, 11) is 0. The first kappa shape index (κ1) is 9.34. The maximum Gasteiger partial charge on any atom is 0.0630 e. The van der Waals surface area contributed by atoms with Crippen molar-refractivity contribution >= 4 is 11.4 Å². The summed E-state index contributed by atoms with van der Waals surface area (Å²) in [6, 6.07) is 6.11. The Morgan fingerprint density at radius 1 is 1.29 bits per heavy atom. The van der Waals surface area contributed by atoms with Crippen molar-refractivity contribution in [1.82, 2.24) is 5.32 Å². The fourth-order valence-corrected chi connectivity index (χ4v) is 2.00. The van der Waals surface area contributed by atoms with Gasteiger partial charge in [-0.2, -0.15) is 0 Å². The Kier molecular flexibility index (Phi) is 2.59. The lowest BCUT2D eigenvalue weighted by atomic mass is 10.1. The number of nitrogens with one attached hydrogen (secondary N) is 1. The summed E-state index contributed by atoms with van der Waals surface area (Å²) in [5.74, 6) is 0. The van der Waals surface area contributed by atoms with Crippen LogP contribution in [0.1, 0.15) is 5.56 Å². The number of nitrogens with two attached hydrogens (primary N) is 1. The predicted octanol–water partition coefficient (Wildman–Crippen LogP) is 0.987. The fraction of sp³-hybridized carbons (Fsp3) is 0.455. The van der Waals surface area contributed by atoms with E-state index in [-0.39, 0.29) is 0 Å². The molecule has 0 aromatic heterocycles. The highest BCUT2D eigenvalue weighted by molar-refractivity contribution is 5.71. The van der Waals surface area contributed by atoms with Crippen LogP contribution in [0.5, 0.6) is 0 Å². The number of hydrogen-bond acceptors (Lipinski definition) is 3. The quantitative estimate of drug-likeness (QED) is 0.650. The summed E-state index contributed by atoms with van der Waals surface area (Å²) < 4.78 is 0. The lowest BCUT2D eigenvalue weighted by molar-refractivity contribution is 0.589. The van der Waals surface area contributed by atoms with Crippen LogP contribution in [0.15, 0.2) is 18.2 Å². The second-order valence-corrected chi connectivity index (χ2v) is 3.75. The summed E-state index contributed by atoms with van der Waals surface area (Å²) in [5, 5.41) is 3.34. The van der Waals surface area contributed by atoms with Crippen LogP contribution < -0.4 is 16.0 Å². The van der Waals surface area contributed by atoms with Gasteiger partial charge in [0.2, 0.25) is 0 Å². The molecule has 76 valence electrons. The molecule has 1 heterocycles. The highest BCUT2D eigenvalue weighted by atomic mass is 15.2. The highest BCUT2D eigenvalue weighted by Crippen LogP contribution is 2.27. The monoisotopic (exact) mass is 191 g/mol. The van der Waals surface area contributed by atoms with Crippen LogP contribution in [0.25, 0.3) is 0 Å². The Labute approximate surface area is 84.9 Å². The molecular weight excluding hydrogens is 174 g/mol. The number of nitrogen functional groups attached to an aromatic ring is 1. The van der Waals surface area contributed by atoms with Crippen molar-refractivity contribution in [2.75, 3.05) is 36.8 Å². The zero-order valence-electron chi connectivity index (χ0n) is 8.59. The Bertz CT molecular complexity index is 296. The van der Waals surface area contributed by atoms with Gasteiger partial charge < -0.3 is 16.0 Å². The van der Waals surface area contributed by atoms with Crippen LogP contribution in [0.3, 0.4) is 0 Å². The maximum atomic E-state index is 5.99. The van der Waals surface area contributed by atoms with E-state index in [0.29, 0.717) is 0 Å². The number of anilines is 2. The molecule has 0 radical (unpaired) electrons. The van der Waals surface area contributed by atoms with Crippen molar-refractivity contribution in [3.8, 4) is 0 Å². The summed E-state index contributed by atoms with van der Waals surface area (Å²) in [5.41, 5.74) is 9.37. The van der Waals surface area contributed by atoms with Gasteiger partial charge in [0.1, 0.15) is 0 Å². The van der Waals surface area contributed by atoms with Gasteiger partial charge in [0.25, 0.3) is 0 Å². The third kappa shape index (κ3) is 1.68. The zero-order chi connectivity index (χ0) is 9.97. The lowest BCUT2D eigenvalue weighted by Gasteiger charge is -2.31. The molecule has 1 aromatic carbocycles. The first-order chi connectivity index (χ1) is 6.79. The van der Waals surface area contributed by atoms with Gasteiger partial charge in [0.05, 0.1) is 11.4 Å². The predicted molar refractivity (Wildman–Crippen MR) is 60.7 cm³/mol. The molecular formula is C11H17N3. The largest absolute Gasteiger partial charge is 0.397 e. The highest BCUT2D eigenvalue weighted by Gasteiger charge is 2.14. The van der Waals surface area contributed by atoms with Crippen molar-refractivity contribution in [3.05, 3.63) is 23.8 Å². The zero-order valence-corrected chi connectivity index (χ0v) is 8.59. The minimum atomic E-state index is 0.895. The van der Waals surface area contributed by atoms with E-state index in [1.807, 2.05) is 12.1 Å². The number of piperazine rings is 1.